The molecule has 2 amide bonds. The minimum atomic E-state index is -0.0406. The van der Waals surface area contributed by atoms with Crippen molar-refractivity contribution >= 4 is 11.8 Å². The molecule has 1 aliphatic carbocycles. The van der Waals surface area contributed by atoms with Crippen LogP contribution in [0.1, 0.15) is 53.9 Å². The van der Waals surface area contributed by atoms with Gasteiger partial charge in [-0.2, -0.15) is 0 Å². The maximum Gasteiger partial charge on any atom is 0.234 e. The van der Waals surface area contributed by atoms with Crippen molar-refractivity contribution < 1.29 is 9.59 Å². The maximum atomic E-state index is 13.0. The molecule has 2 fully saturated rings. The summed E-state index contributed by atoms with van der Waals surface area (Å²) in [6.45, 7) is 14.5. The molecule has 3 atom stereocenters. The van der Waals surface area contributed by atoms with Gasteiger partial charge in [0.2, 0.25) is 11.8 Å². The van der Waals surface area contributed by atoms with E-state index < -0.39 is 0 Å². The first-order chi connectivity index (χ1) is 13.2. The Morgan fingerprint density at radius 1 is 1.00 bits per heavy atom. The second-order valence-electron chi connectivity index (χ2n) is 8.25. The highest BCUT2D eigenvalue weighted by Gasteiger charge is 2.47. The average molecular weight is 383 g/mol. The third-order valence-electron chi connectivity index (χ3n) is 5.94. The zero-order valence-electron chi connectivity index (χ0n) is 18.1. The number of nitrogens with zero attached hydrogens (tertiary/aromatic N) is 1. The summed E-state index contributed by atoms with van der Waals surface area (Å²) >= 11 is 0. The van der Waals surface area contributed by atoms with Crippen LogP contribution in [-0.4, -0.2) is 23.8 Å². The summed E-state index contributed by atoms with van der Waals surface area (Å²) in [5.41, 5.74) is 5.33. The molecule has 4 heteroatoms. The van der Waals surface area contributed by atoms with Crippen LogP contribution in [0.15, 0.2) is 59.0 Å². The van der Waals surface area contributed by atoms with Gasteiger partial charge in [-0.1, -0.05) is 30.4 Å². The lowest BCUT2D eigenvalue weighted by Crippen LogP contribution is -2.34. The summed E-state index contributed by atoms with van der Waals surface area (Å²) in [6, 6.07) is 0. The van der Waals surface area contributed by atoms with Gasteiger partial charge in [0.1, 0.15) is 0 Å². The molecule has 152 valence electrons. The predicted molar refractivity (Wildman–Crippen MR) is 115 cm³/mol. The van der Waals surface area contributed by atoms with Crippen LogP contribution in [0, 0.1) is 17.8 Å². The fraction of sp³-hybridized carbons (Fsp3) is 0.500. The fourth-order valence-corrected chi connectivity index (χ4v) is 4.02. The van der Waals surface area contributed by atoms with E-state index in [9.17, 15) is 9.59 Å². The maximum absolute atomic E-state index is 13.0. The second kappa shape index (κ2) is 9.22. The van der Waals surface area contributed by atoms with Crippen molar-refractivity contribution in [1.82, 2.24) is 10.2 Å². The number of fused-ring (bicyclic) bond motifs is 1. The molecule has 0 bridgehead atoms. The molecule has 1 heterocycles. The minimum absolute atomic E-state index is 0.0231. The Balaban J connectivity index is 2.18. The Morgan fingerprint density at radius 2 is 1.61 bits per heavy atom. The van der Waals surface area contributed by atoms with Crippen LogP contribution >= 0.6 is 0 Å². The molecule has 2 aliphatic rings. The van der Waals surface area contributed by atoms with Gasteiger partial charge in [0.25, 0.3) is 0 Å². The van der Waals surface area contributed by atoms with Gasteiger partial charge in [-0.05, 0) is 71.1 Å². The number of carbonyl (C=O) groups is 2. The first kappa shape index (κ1) is 21.9. The molecule has 1 saturated carbocycles. The van der Waals surface area contributed by atoms with E-state index in [1.807, 2.05) is 13.0 Å². The van der Waals surface area contributed by atoms with Gasteiger partial charge in [-0.15, -0.1) is 0 Å². The Bertz CT molecular complexity index is 778. The van der Waals surface area contributed by atoms with E-state index in [-0.39, 0.29) is 29.6 Å². The topological polar surface area (TPSA) is 49.4 Å². The lowest BCUT2D eigenvalue weighted by molar-refractivity contribution is -0.132. The standard InChI is InChI=1S/C24H34N2O2/c1-15(2)8-9-16(3)17(4)10-11-18(5)26-19(6)22-14-20(23(27)25-7)12-13-21(22)24(26)28/h8-11,20-22H,6,12-14H2,1-5,7H3,(H,25,27)/b16-9+,17-10+,18-11+. The number of carbonyl (C=O) groups excluding carboxylic acids is 2. The van der Waals surface area contributed by atoms with Gasteiger partial charge in [-0.25, -0.2) is 0 Å². The smallest absolute Gasteiger partial charge is 0.234 e. The van der Waals surface area contributed by atoms with Gasteiger partial charge in [-0.3, -0.25) is 14.5 Å². The van der Waals surface area contributed by atoms with E-state index in [2.05, 4.69) is 57.8 Å². The lowest BCUT2D eigenvalue weighted by Gasteiger charge is -2.28. The molecule has 2 rings (SSSR count). The Kier molecular flexibility index (Phi) is 7.22. The monoisotopic (exact) mass is 382 g/mol. The van der Waals surface area contributed by atoms with Crippen LogP contribution in [0.2, 0.25) is 0 Å². The highest BCUT2D eigenvalue weighted by atomic mass is 16.2. The van der Waals surface area contributed by atoms with E-state index in [0.717, 1.165) is 29.8 Å². The molecule has 0 spiro atoms. The van der Waals surface area contributed by atoms with Gasteiger partial charge >= 0.3 is 0 Å². The van der Waals surface area contributed by atoms with E-state index >= 15 is 0 Å². The molecule has 3 unspecified atom stereocenters. The zero-order chi connectivity index (χ0) is 21.0. The number of likely N-dealkylation sites (tertiary alicyclic amines) is 1. The predicted octanol–water partition coefficient (Wildman–Crippen LogP) is 4.88. The average Bonchev–Trinajstić information content (AvgIpc) is 2.93. The van der Waals surface area contributed by atoms with Crippen molar-refractivity contribution in [3.05, 3.63) is 59.0 Å². The molecule has 28 heavy (non-hydrogen) atoms. The number of allylic oxidation sites excluding steroid dienone is 9. The third kappa shape index (κ3) is 4.73. The van der Waals surface area contributed by atoms with E-state index in [0.29, 0.717) is 6.42 Å². The van der Waals surface area contributed by atoms with E-state index in [4.69, 9.17) is 0 Å². The molecule has 0 radical (unpaired) electrons. The summed E-state index contributed by atoms with van der Waals surface area (Å²) < 4.78 is 0. The summed E-state index contributed by atoms with van der Waals surface area (Å²) in [7, 11) is 1.67. The van der Waals surface area contributed by atoms with Crippen molar-refractivity contribution in [2.75, 3.05) is 7.05 Å². The number of hydrogen-bond acceptors (Lipinski definition) is 2. The van der Waals surface area contributed by atoms with Crippen molar-refractivity contribution in [3.8, 4) is 0 Å². The Hall–Kier alpha value is -2.36. The quantitative estimate of drug-likeness (QED) is 0.689. The summed E-state index contributed by atoms with van der Waals surface area (Å²) in [4.78, 5) is 26.8. The molecule has 0 aromatic carbocycles. The van der Waals surface area contributed by atoms with Gasteiger partial charge < -0.3 is 5.32 Å². The van der Waals surface area contributed by atoms with Crippen LogP contribution in [0.25, 0.3) is 0 Å². The third-order valence-corrected chi connectivity index (χ3v) is 5.94. The lowest BCUT2D eigenvalue weighted by atomic mass is 9.74. The second-order valence-corrected chi connectivity index (χ2v) is 8.25. The molecule has 0 aromatic rings. The Labute approximate surface area is 169 Å². The van der Waals surface area contributed by atoms with Crippen molar-refractivity contribution in [1.29, 1.82) is 0 Å². The number of hydrogen-bond donors (Lipinski definition) is 1. The molecule has 0 aromatic heterocycles. The molecule has 1 N–H and O–H groups in total. The number of amides is 2. The summed E-state index contributed by atoms with van der Waals surface area (Å²) in [5, 5.41) is 2.74. The van der Waals surface area contributed by atoms with Crippen LogP contribution in [0.4, 0.5) is 0 Å². The molecular formula is C24H34N2O2. The summed E-state index contributed by atoms with van der Waals surface area (Å²) in [6.07, 6.45) is 10.5. The fourth-order valence-electron chi connectivity index (χ4n) is 4.02. The normalized spacial score (nSPS) is 26.3. The van der Waals surface area contributed by atoms with E-state index in [1.165, 1.54) is 11.1 Å². The first-order valence-corrected chi connectivity index (χ1v) is 10.1. The van der Waals surface area contributed by atoms with Crippen molar-refractivity contribution in [2.24, 2.45) is 17.8 Å². The first-order valence-electron chi connectivity index (χ1n) is 10.1. The van der Waals surface area contributed by atoms with Crippen LogP contribution in [0.5, 0.6) is 0 Å². The van der Waals surface area contributed by atoms with Crippen LogP contribution < -0.4 is 5.32 Å². The molecular weight excluding hydrogens is 348 g/mol. The SMILES string of the molecule is C=C1C2CC(C(=O)NC)CCC2C(=O)N1/C(C)=C/C=C(C)/C(C)=C/C=C(C)C. The van der Waals surface area contributed by atoms with Crippen molar-refractivity contribution in [3.63, 3.8) is 0 Å². The minimum Gasteiger partial charge on any atom is -0.359 e. The van der Waals surface area contributed by atoms with Crippen LogP contribution in [0.3, 0.4) is 0 Å². The zero-order valence-corrected chi connectivity index (χ0v) is 18.1. The van der Waals surface area contributed by atoms with Crippen molar-refractivity contribution in [2.45, 2.75) is 53.9 Å². The molecule has 1 saturated heterocycles. The largest absolute Gasteiger partial charge is 0.359 e. The van der Waals surface area contributed by atoms with Gasteiger partial charge in [0, 0.05) is 36.2 Å². The molecule has 4 nitrogen and oxygen atoms in total. The van der Waals surface area contributed by atoms with Crippen LogP contribution in [-0.2, 0) is 9.59 Å². The van der Waals surface area contributed by atoms with Gasteiger partial charge in [0.15, 0.2) is 0 Å². The highest BCUT2D eigenvalue weighted by molar-refractivity contribution is 5.87. The number of rotatable bonds is 5. The molecule has 1 aliphatic heterocycles. The highest BCUT2D eigenvalue weighted by Crippen LogP contribution is 2.46. The summed E-state index contributed by atoms with van der Waals surface area (Å²) in [5.74, 6) is 0.200. The van der Waals surface area contributed by atoms with Gasteiger partial charge in [0.05, 0.1) is 0 Å². The Morgan fingerprint density at radius 3 is 2.18 bits per heavy atom. The number of nitrogens with one attached hydrogen (secondary N) is 1. The van der Waals surface area contributed by atoms with E-state index in [1.54, 1.807) is 11.9 Å².